The lowest BCUT2D eigenvalue weighted by atomic mass is 9.70. The molecule has 7 unspecified atom stereocenters. The SMILES string of the molecule is CC(C)(C)N[Si](C)(C)C1C2CCCCC2C2C3CCCCC3SC21. The first-order valence-corrected chi connectivity index (χ1v) is 14.7. The molecule has 1 nitrogen and oxygen atoms in total. The van der Waals surface area contributed by atoms with E-state index in [1.165, 1.54) is 32.1 Å². The first kappa shape index (κ1) is 17.9. The maximum atomic E-state index is 4.19. The van der Waals surface area contributed by atoms with Crippen molar-refractivity contribution in [2.45, 2.75) is 107 Å². The van der Waals surface area contributed by atoms with E-state index in [0.29, 0.717) is 0 Å². The third kappa shape index (κ3) is 3.05. The quantitative estimate of drug-likeness (QED) is 0.597. The average molecular weight is 366 g/mol. The molecule has 1 aliphatic heterocycles. The van der Waals surface area contributed by atoms with Crippen LogP contribution in [0.15, 0.2) is 0 Å². The molecule has 0 aromatic rings. The molecule has 0 bridgehead atoms. The van der Waals surface area contributed by atoms with Gasteiger partial charge in [-0.3, -0.25) is 0 Å². The Morgan fingerprint density at radius 2 is 1.42 bits per heavy atom. The highest BCUT2D eigenvalue weighted by Gasteiger charge is 2.62. The number of rotatable bonds is 2. The summed E-state index contributed by atoms with van der Waals surface area (Å²) in [7, 11) is -1.43. The van der Waals surface area contributed by atoms with Gasteiger partial charge in [-0.1, -0.05) is 45.2 Å². The summed E-state index contributed by atoms with van der Waals surface area (Å²) < 4.78 is 0. The molecule has 7 atom stereocenters. The predicted octanol–water partition coefficient (Wildman–Crippen LogP) is 6.06. The van der Waals surface area contributed by atoms with Gasteiger partial charge in [-0.25, -0.2) is 0 Å². The molecule has 4 fully saturated rings. The molecule has 1 N–H and O–H groups in total. The van der Waals surface area contributed by atoms with Gasteiger partial charge >= 0.3 is 0 Å². The smallest absolute Gasteiger partial charge is 0.124 e. The molecule has 0 radical (unpaired) electrons. The fourth-order valence-corrected chi connectivity index (χ4v) is 15.6. The zero-order valence-corrected chi connectivity index (χ0v) is 18.4. The predicted molar refractivity (Wildman–Crippen MR) is 110 cm³/mol. The van der Waals surface area contributed by atoms with Crippen molar-refractivity contribution in [3.63, 3.8) is 0 Å². The fraction of sp³-hybridized carbons (Fsp3) is 1.00. The summed E-state index contributed by atoms with van der Waals surface area (Å²) in [4.78, 5) is 4.19. The summed E-state index contributed by atoms with van der Waals surface area (Å²) in [6.07, 6.45) is 12.3. The summed E-state index contributed by atoms with van der Waals surface area (Å²) in [5.41, 5.74) is 1.29. The molecule has 1 heterocycles. The Morgan fingerprint density at radius 3 is 2.08 bits per heavy atom. The van der Waals surface area contributed by atoms with Gasteiger partial charge in [-0.05, 0) is 69.2 Å². The Morgan fingerprint density at radius 1 is 0.833 bits per heavy atom. The molecule has 3 aliphatic carbocycles. The normalized spacial score (nSPS) is 45.6. The standard InChI is InChI=1S/C21H39NSSi/c1-21(2,3)22-24(4,5)20-15-11-7-6-10-14(15)18-16-12-8-9-13-17(16)23-19(18)20/h14-20,22H,6-13H2,1-5H3. The van der Waals surface area contributed by atoms with E-state index in [1.54, 1.807) is 19.3 Å². The number of thioether (sulfide) groups is 1. The van der Waals surface area contributed by atoms with E-state index in [0.717, 1.165) is 39.7 Å². The van der Waals surface area contributed by atoms with E-state index in [1.807, 2.05) is 0 Å². The van der Waals surface area contributed by atoms with E-state index < -0.39 is 8.24 Å². The highest BCUT2D eigenvalue weighted by molar-refractivity contribution is 8.01. The van der Waals surface area contributed by atoms with E-state index >= 15 is 0 Å². The van der Waals surface area contributed by atoms with Crippen molar-refractivity contribution in [3.05, 3.63) is 0 Å². The Kier molecular flexibility index (Phi) is 4.70. The van der Waals surface area contributed by atoms with Crippen LogP contribution in [0.2, 0.25) is 18.6 Å². The van der Waals surface area contributed by atoms with Crippen LogP contribution in [-0.2, 0) is 0 Å². The molecule has 3 saturated carbocycles. The van der Waals surface area contributed by atoms with Crippen molar-refractivity contribution < 1.29 is 0 Å². The largest absolute Gasteiger partial charge is 0.332 e. The number of fused-ring (bicyclic) bond motifs is 5. The second kappa shape index (κ2) is 6.30. The number of nitrogens with one attached hydrogen (secondary N) is 1. The Labute approximate surface area is 155 Å². The van der Waals surface area contributed by atoms with Crippen LogP contribution < -0.4 is 4.98 Å². The van der Waals surface area contributed by atoms with Crippen molar-refractivity contribution in [1.29, 1.82) is 0 Å². The van der Waals surface area contributed by atoms with Crippen LogP contribution in [0, 0.1) is 23.7 Å². The third-order valence-electron chi connectivity index (χ3n) is 7.67. The minimum atomic E-state index is -1.43. The van der Waals surface area contributed by atoms with Gasteiger partial charge in [-0.2, -0.15) is 11.8 Å². The zero-order chi connectivity index (χ0) is 17.1. The molecule has 0 spiro atoms. The average Bonchev–Trinajstić information content (AvgIpc) is 2.98. The van der Waals surface area contributed by atoms with Crippen LogP contribution in [0.3, 0.4) is 0 Å². The third-order valence-corrected chi connectivity index (χ3v) is 13.6. The van der Waals surface area contributed by atoms with Crippen LogP contribution in [-0.4, -0.2) is 24.3 Å². The summed E-state index contributed by atoms with van der Waals surface area (Å²) in [5.74, 6) is 4.32. The maximum absolute atomic E-state index is 4.19. The van der Waals surface area contributed by atoms with Gasteiger partial charge in [0.1, 0.15) is 8.24 Å². The van der Waals surface area contributed by atoms with Gasteiger partial charge in [0.05, 0.1) is 0 Å². The molecule has 0 aromatic carbocycles. The summed E-state index contributed by atoms with van der Waals surface area (Å²) in [6, 6.07) is 0. The minimum Gasteiger partial charge on any atom is -0.332 e. The van der Waals surface area contributed by atoms with Crippen LogP contribution in [0.25, 0.3) is 0 Å². The van der Waals surface area contributed by atoms with E-state index in [4.69, 9.17) is 0 Å². The molecule has 4 aliphatic rings. The molecular weight excluding hydrogens is 326 g/mol. The van der Waals surface area contributed by atoms with Crippen LogP contribution in [0.5, 0.6) is 0 Å². The molecule has 24 heavy (non-hydrogen) atoms. The van der Waals surface area contributed by atoms with Crippen LogP contribution >= 0.6 is 11.8 Å². The van der Waals surface area contributed by atoms with Gasteiger partial charge in [0, 0.05) is 16.0 Å². The minimum absolute atomic E-state index is 0.272. The van der Waals surface area contributed by atoms with Gasteiger partial charge < -0.3 is 4.98 Å². The van der Waals surface area contributed by atoms with Gasteiger partial charge in [0.2, 0.25) is 0 Å². The van der Waals surface area contributed by atoms with Gasteiger partial charge in [0.25, 0.3) is 0 Å². The second-order valence-electron chi connectivity index (χ2n) is 10.9. The maximum Gasteiger partial charge on any atom is 0.124 e. The summed E-state index contributed by atoms with van der Waals surface area (Å²) in [5, 5.41) is 2.03. The Bertz CT molecular complexity index is 471. The lowest BCUT2D eigenvalue weighted by Crippen LogP contribution is -2.59. The van der Waals surface area contributed by atoms with Crippen molar-refractivity contribution in [1.82, 2.24) is 4.98 Å². The van der Waals surface area contributed by atoms with Crippen LogP contribution in [0.1, 0.15) is 72.1 Å². The second-order valence-corrected chi connectivity index (χ2v) is 16.7. The molecule has 138 valence electrons. The van der Waals surface area contributed by atoms with Crippen molar-refractivity contribution in [2.24, 2.45) is 23.7 Å². The summed E-state index contributed by atoms with van der Waals surface area (Å²) >= 11 is 2.49. The van der Waals surface area contributed by atoms with Crippen LogP contribution in [0.4, 0.5) is 0 Å². The van der Waals surface area contributed by atoms with Gasteiger partial charge in [0.15, 0.2) is 0 Å². The number of hydrogen-bond donors (Lipinski definition) is 1. The highest BCUT2D eigenvalue weighted by Crippen LogP contribution is 2.67. The van der Waals surface area contributed by atoms with E-state index in [2.05, 4.69) is 50.6 Å². The molecule has 1 saturated heterocycles. The van der Waals surface area contributed by atoms with Crippen molar-refractivity contribution in [3.8, 4) is 0 Å². The number of hydrogen-bond acceptors (Lipinski definition) is 2. The summed E-state index contributed by atoms with van der Waals surface area (Å²) in [6.45, 7) is 12.5. The van der Waals surface area contributed by atoms with Crippen molar-refractivity contribution in [2.75, 3.05) is 0 Å². The monoisotopic (exact) mass is 365 g/mol. The van der Waals surface area contributed by atoms with E-state index in [-0.39, 0.29) is 5.54 Å². The topological polar surface area (TPSA) is 12.0 Å². The lowest BCUT2D eigenvalue weighted by Gasteiger charge is -2.44. The van der Waals surface area contributed by atoms with E-state index in [9.17, 15) is 0 Å². The molecule has 3 heteroatoms. The molecule has 0 amide bonds. The molecule has 4 rings (SSSR count). The zero-order valence-electron chi connectivity index (χ0n) is 16.6. The first-order valence-electron chi connectivity index (χ1n) is 10.7. The molecule has 0 aromatic heterocycles. The van der Waals surface area contributed by atoms with Crippen molar-refractivity contribution >= 4 is 20.0 Å². The Hall–Kier alpha value is 0.527. The lowest BCUT2D eigenvalue weighted by molar-refractivity contribution is 0.164. The highest BCUT2D eigenvalue weighted by atomic mass is 32.2. The first-order chi connectivity index (χ1) is 11.3. The fourth-order valence-electron chi connectivity index (χ4n) is 7.51. The Balaban J connectivity index is 1.65. The van der Waals surface area contributed by atoms with Gasteiger partial charge in [-0.15, -0.1) is 0 Å². The molecular formula is C21H39NSSi.